The summed E-state index contributed by atoms with van der Waals surface area (Å²) < 4.78 is 34.7. The summed E-state index contributed by atoms with van der Waals surface area (Å²) in [6.07, 6.45) is 0. The van der Waals surface area contributed by atoms with Gasteiger partial charge in [0.25, 0.3) is 0 Å². The zero-order valence-corrected chi connectivity index (χ0v) is 15.3. The van der Waals surface area contributed by atoms with Crippen molar-refractivity contribution in [2.45, 2.75) is 20.8 Å². The predicted octanol–water partition coefficient (Wildman–Crippen LogP) is -2.87. The Morgan fingerprint density at radius 3 is 1.88 bits per heavy atom. The number of nitrogens with zero attached hydrogens (tertiary/aromatic N) is 1. The summed E-state index contributed by atoms with van der Waals surface area (Å²) in [6.45, 7) is 5.95. The molecule has 0 aliphatic rings. The smallest absolute Gasteiger partial charge is 0.220 e. The van der Waals surface area contributed by atoms with Crippen LogP contribution in [0.4, 0.5) is 0 Å². The molecule has 0 saturated carbocycles. The number of hydrogen-bond donors (Lipinski definition) is 1. The molecule has 0 bridgehead atoms. The predicted molar refractivity (Wildman–Crippen MR) is 68.7 cm³/mol. The van der Waals surface area contributed by atoms with Gasteiger partial charge < -0.3 is 9.90 Å². The van der Waals surface area contributed by atoms with Crippen LogP contribution in [0.15, 0.2) is 36.4 Å². The summed E-state index contributed by atoms with van der Waals surface area (Å²) >= 11 is 0. The van der Waals surface area contributed by atoms with Crippen LogP contribution in [0.25, 0.3) is 5.69 Å². The van der Waals surface area contributed by atoms with Crippen molar-refractivity contribution in [1.29, 1.82) is 0 Å². The van der Waals surface area contributed by atoms with Gasteiger partial charge >= 0.3 is 0 Å². The summed E-state index contributed by atoms with van der Waals surface area (Å²) in [4.78, 5) is 11.2. The van der Waals surface area contributed by atoms with Gasteiger partial charge in [-0.3, -0.25) is 0 Å². The van der Waals surface area contributed by atoms with Gasteiger partial charge in [-0.15, -0.1) is 0 Å². The largest absolute Gasteiger partial charge is 0.545 e. The zero-order valence-electron chi connectivity index (χ0n) is 13.1. The molecule has 0 aliphatic carbocycles. The minimum Gasteiger partial charge on any atom is -0.545 e. The Hall–Kier alpha value is -1.29. The molecule has 1 N–H and O–H groups in total. The van der Waals surface area contributed by atoms with Crippen molar-refractivity contribution in [2.75, 3.05) is 0 Å². The number of rotatable bonds is 2. The average molecular weight is 450 g/mol. The van der Waals surface area contributed by atoms with Gasteiger partial charge in [0, 0.05) is 54.4 Å². The zero-order chi connectivity index (χ0) is 17.8. The van der Waals surface area contributed by atoms with Crippen LogP contribution in [0.1, 0.15) is 27.3 Å². The maximum atomic E-state index is 11.2. The second-order valence-corrected chi connectivity index (χ2v) is 5.64. The number of aromatic carboxylic acids is 1. The first-order valence-corrected chi connectivity index (χ1v) is 7.71. The number of benzene rings is 1. The molecule has 0 aliphatic heterocycles. The van der Waals surface area contributed by atoms with E-state index in [1.54, 1.807) is 18.2 Å². The maximum absolute atomic E-state index is 11.2. The molecule has 2 aromatic rings. The van der Waals surface area contributed by atoms with Crippen LogP contribution in [0.2, 0.25) is 0 Å². The molecule has 0 fully saturated rings. The minimum absolute atomic E-state index is 0. The van der Waals surface area contributed by atoms with Crippen molar-refractivity contribution < 1.29 is 65.7 Å². The number of carboxylic acids is 1. The van der Waals surface area contributed by atoms with Crippen molar-refractivity contribution in [3.05, 3.63) is 58.9 Å². The fourth-order valence-electron chi connectivity index (χ4n) is 2.33. The third-order valence-electron chi connectivity index (χ3n) is 2.94. The molecular weight excluding hydrogens is 433 g/mol. The van der Waals surface area contributed by atoms with Crippen molar-refractivity contribution in [1.82, 2.24) is 0 Å². The van der Waals surface area contributed by atoms with E-state index in [4.69, 9.17) is 18.6 Å². The Kier molecular flexibility index (Phi) is 8.76. The normalized spacial score (nSPS) is 10.3. The molecule has 0 saturated heterocycles. The summed E-state index contributed by atoms with van der Waals surface area (Å²) in [7, 11) is -4.69. The van der Waals surface area contributed by atoms with Crippen LogP contribution in [0.3, 0.4) is 0 Å². The van der Waals surface area contributed by atoms with E-state index in [0.717, 1.165) is 17.0 Å². The molecule has 24 heavy (non-hydrogen) atoms. The second-order valence-electron chi connectivity index (χ2n) is 4.85. The van der Waals surface area contributed by atoms with E-state index in [1.807, 2.05) is 43.5 Å². The van der Waals surface area contributed by atoms with Gasteiger partial charge in [-0.05, 0) is 18.6 Å². The maximum Gasteiger partial charge on any atom is 0.220 e. The first-order valence-electron chi connectivity index (χ1n) is 6.44. The number of pyridine rings is 1. The number of hydrogen-bond acceptors (Lipinski definition) is 6. The Labute approximate surface area is 157 Å². The summed E-state index contributed by atoms with van der Waals surface area (Å²) in [5, 5.41) is 11.2. The topological polar surface area (TPSA) is 133 Å². The molecule has 1 radical (unpaired) electrons. The van der Waals surface area contributed by atoms with Gasteiger partial charge in [0.1, 0.15) is 0 Å². The Bertz CT molecular complexity index is 688. The number of carbonyl (C=O) groups is 1. The van der Waals surface area contributed by atoms with Crippen LogP contribution < -0.4 is 23.7 Å². The first-order chi connectivity index (χ1) is 10.5. The second kappa shape index (κ2) is 9.26. The van der Waals surface area contributed by atoms with Gasteiger partial charge in [0.15, 0.2) is 11.4 Å². The van der Waals surface area contributed by atoms with Crippen LogP contribution >= 0.6 is 0 Å². The Balaban J connectivity index is 0.000000777. The summed E-state index contributed by atoms with van der Waals surface area (Å²) in [6, 6.07) is 10.9. The van der Waals surface area contributed by atoms with Gasteiger partial charge in [-0.2, -0.15) is 18.5 Å². The van der Waals surface area contributed by atoms with E-state index in [0.29, 0.717) is 5.69 Å². The van der Waals surface area contributed by atoms with E-state index in [-0.39, 0.29) is 27.9 Å². The fraction of sp³-hybridized carbons (Fsp3) is 0.200. The van der Waals surface area contributed by atoms with E-state index >= 15 is 0 Å². The van der Waals surface area contributed by atoms with Crippen molar-refractivity contribution in [3.63, 3.8) is 0 Å². The number of aryl methyl sites for hydroxylation is 3. The number of carbonyl (C=O) groups excluding carboxylic acids is 1. The molecule has 9 heteroatoms. The molecule has 1 aromatic carbocycles. The third-order valence-corrected chi connectivity index (χ3v) is 2.94. The SMILES string of the molecule is Cc1cc(C)[n+](-c2ccccc2C(=O)[O-])c(C)c1.[Ag].[O-][Cl+3]([O-])([O-])O. The molecule has 1 heterocycles. The number of para-hydroxylation sites is 1. The van der Waals surface area contributed by atoms with Crippen molar-refractivity contribution in [3.8, 4) is 5.69 Å². The first kappa shape index (κ1) is 22.7. The molecule has 0 atom stereocenters. The summed E-state index contributed by atoms with van der Waals surface area (Å²) in [5.41, 5.74) is 4.01. The molecule has 0 unspecified atom stereocenters. The molecule has 1 aromatic heterocycles. The van der Waals surface area contributed by atoms with Gasteiger partial charge in [0.2, 0.25) is 5.69 Å². The molecule has 0 spiro atoms. The standard InChI is InChI=1S/C15H15NO2.Ag.ClHO4/c1-10-8-11(2)16(12(3)9-10)14-7-5-4-6-13(14)15(17)18;;2-1(3,4)5/h4-9H,1-3H3;;(H,2,3,4,5). The molecule has 7 nitrogen and oxygen atoms in total. The Morgan fingerprint density at radius 2 is 1.46 bits per heavy atom. The molecule has 135 valence electrons. The summed E-state index contributed by atoms with van der Waals surface area (Å²) in [5.74, 6) is -1.16. The van der Waals surface area contributed by atoms with Crippen LogP contribution in [-0.4, -0.2) is 10.6 Å². The number of aromatic nitrogens is 1. The van der Waals surface area contributed by atoms with Gasteiger partial charge in [0.05, 0.1) is 26.4 Å². The van der Waals surface area contributed by atoms with Crippen LogP contribution in [0, 0.1) is 31.0 Å². The number of halogens is 1. The van der Waals surface area contributed by atoms with Crippen molar-refractivity contribution in [2.24, 2.45) is 0 Å². The van der Waals surface area contributed by atoms with Gasteiger partial charge in [-0.25, -0.2) is 0 Å². The molecule has 0 amide bonds. The average Bonchev–Trinajstić information content (AvgIpc) is 2.35. The third kappa shape index (κ3) is 7.08. The quantitative estimate of drug-likeness (QED) is 0.387. The molecular formula is C15H16AgClNO6. The Morgan fingerprint density at radius 1 is 1.04 bits per heavy atom. The van der Waals surface area contributed by atoms with E-state index in [1.165, 1.54) is 0 Å². The van der Waals surface area contributed by atoms with E-state index < -0.39 is 16.2 Å². The van der Waals surface area contributed by atoms with Crippen LogP contribution in [-0.2, 0) is 22.4 Å². The van der Waals surface area contributed by atoms with Crippen molar-refractivity contribution >= 4 is 5.97 Å². The minimum atomic E-state index is -4.69. The fourth-order valence-corrected chi connectivity index (χ4v) is 2.33. The molecule has 2 rings (SSSR count). The monoisotopic (exact) mass is 448 g/mol. The van der Waals surface area contributed by atoms with Gasteiger partial charge in [-0.1, -0.05) is 12.1 Å². The van der Waals surface area contributed by atoms with Crippen LogP contribution in [0.5, 0.6) is 0 Å². The number of carboxylic acid groups (broad SMARTS) is 1. The van der Waals surface area contributed by atoms with E-state index in [9.17, 15) is 9.90 Å². The van der Waals surface area contributed by atoms with E-state index in [2.05, 4.69) is 0 Å².